The normalized spacial score (nSPS) is 11.0. The Kier molecular flexibility index (Phi) is 3.69. The minimum Gasteiger partial charge on any atom is -0.423 e. The Morgan fingerprint density at radius 1 is 0.800 bits per heavy atom. The van der Waals surface area contributed by atoms with E-state index in [0.717, 1.165) is 32.9 Å². The van der Waals surface area contributed by atoms with Crippen LogP contribution >= 0.6 is 0 Å². The summed E-state index contributed by atoms with van der Waals surface area (Å²) in [6.45, 7) is 3.98. The van der Waals surface area contributed by atoms with Crippen molar-refractivity contribution in [3.8, 4) is 5.75 Å². The number of carbonyl (C=O) groups excluding carboxylic acids is 1. The molecule has 0 saturated carbocycles. The first-order chi connectivity index (χ1) is 12.1. The van der Waals surface area contributed by atoms with E-state index in [1.54, 1.807) is 0 Å². The van der Waals surface area contributed by atoms with Gasteiger partial charge in [0.05, 0.1) is 16.6 Å². The largest absolute Gasteiger partial charge is 0.423 e. The van der Waals surface area contributed by atoms with Gasteiger partial charge >= 0.3 is 5.97 Å². The lowest BCUT2D eigenvalue weighted by molar-refractivity contribution is 0.0738. The van der Waals surface area contributed by atoms with Crippen LogP contribution in [-0.2, 0) is 0 Å². The third-order valence-corrected chi connectivity index (χ3v) is 4.20. The molecule has 0 N–H and O–H groups in total. The molecule has 0 radical (unpaired) electrons. The number of fused-ring (bicyclic) bond motifs is 2. The number of esters is 1. The van der Waals surface area contributed by atoms with E-state index in [1.165, 1.54) is 0 Å². The Labute approximate surface area is 145 Å². The second-order valence-electron chi connectivity index (χ2n) is 6.23. The molecule has 0 amide bonds. The number of nitrogens with zero attached hydrogens (tertiary/aromatic N) is 1. The average molecular weight is 327 g/mol. The molecule has 0 aliphatic carbocycles. The number of aromatic nitrogens is 1. The molecule has 4 rings (SSSR count). The van der Waals surface area contributed by atoms with Crippen LogP contribution in [0.2, 0.25) is 0 Å². The fraction of sp³-hybridized carbons (Fsp3) is 0.0909. The maximum absolute atomic E-state index is 13.0. The summed E-state index contributed by atoms with van der Waals surface area (Å²) in [5.74, 6) is 0.201. The van der Waals surface area contributed by atoms with Gasteiger partial charge < -0.3 is 4.74 Å². The number of carbonyl (C=O) groups is 1. The summed E-state index contributed by atoms with van der Waals surface area (Å²) in [6, 6.07) is 21.1. The van der Waals surface area contributed by atoms with Crippen molar-refractivity contribution in [2.75, 3.05) is 0 Å². The van der Waals surface area contributed by atoms with Crippen LogP contribution in [0.25, 0.3) is 21.8 Å². The molecular weight excluding hydrogens is 310 g/mol. The third-order valence-electron chi connectivity index (χ3n) is 4.20. The van der Waals surface area contributed by atoms with Gasteiger partial charge in [0.1, 0.15) is 5.75 Å². The quantitative estimate of drug-likeness (QED) is 0.288. The number of ether oxygens (including phenoxy) is 1. The molecule has 0 saturated heterocycles. The van der Waals surface area contributed by atoms with Crippen molar-refractivity contribution in [2.45, 2.75) is 13.8 Å². The number of aryl methyl sites for hydroxylation is 2. The third kappa shape index (κ3) is 2.85. The highest BCUT2D eigenvalue weighted by atomic mass is 16.5. The van der Waals surface area contributed by atoms with E-state index in [1.807, 2.05) is 74.5 Å². The van der Waals surface area contributed by atoms with E-state index in [0.29, 0.717) is 11.3 Å². The lowest BCUT2D eigenvalue weighted by atomic mass is 10.0. The zero-order valence-corrected chi connectivity index (χ0v) is 14.1. The fourth-order valence-corrected chi connectivity index (χ4v) is 3.21. The molecule has 1 aromatic heterocycles. The van der Waals surface area contributed by atoms with Gasteiger partial charge in [-0.3, -0.25) is 0 Å². The number of pyridine rings is 1. The van der Waals surface area contributed by atoms with Crippen LogP contribution in [0, 0.1) is 13.8 Å². The highest BCUT2D eigenvalue weighted by molar-refractivity contribution is 6.14. The van der Waals surface area contributed by atoms with Crippen LogP contribution in [0.1, 0.15) is 21.5 Å². The molecule has 122 valence electrons. The molecule has 0 bridgehead atoms. The summed E-state index contributed by atoms with van der Waals surface area (Å²) in [5, 5.41) is 1.60. The summed E-state index contributed by atoms with van der Waals surface area (Å²) in [5.41, 5.74) is 4.25. The molecular formula is C22H17NO2. The molecule has 0 spiro atoms. The van der Waals surface area contributed by atoms with Crippen molar-refractivity contribution in [1.82, 2.24) is 4.98 Å². The lowest BCUT2D eigenvalue weighted by Crippen LogP contribution is -2.10. The summed E-state index contributed by atoms with van der Waals surface area (Å²) < 4.78 is 5.71. The van der Waals surface area contributed by atoms with E-state index in [2.05, 4.69) is 11.1 Å². The van der Waals surface area contributed by atoms with Crippen molar-refractivity contribution in [3.05, 3.63) is 83.4 Å². The van der Waals surface area contributed by atoms with Gasteiger partial charge in [0.25, 0.3) is 0 Å². The number of hydrogen-bond donors (Lipinski definition) is 0. The van der Waals surface area contributed by atoms with Crippen molar-refractivity contribution in [2.24, 2.45) is 0 Å². The predicted octanol–water partition coefficient (Wildman–Crippen LogP) is 5.22. The van der Waals surface area contributed by atoms with Gasteiger partial charge in [-0.25, -0.2) is 9.78 Å². The lowest BCUT2D eigenvalue weighted by Gasteiger charge is -2.11. The van der Waals surface area contributed by atoms with Gasteiger partial charge in [0.15, 0.2) is 0 Å². The number of para-hydroxylation sites is 2. The first-order valence-corrected chi connectivity index (χ1v) is 8.20. The van der Waals surface area contributed by atoms with E-state index in [9.17, 15) is 4.79 Å². The van der Waals surface area contributed by atoms with Crippen LogP contribution < -0.4 is 4.74 Å². The maximum atomic E-state index is 13.0. The fourth-order valence-electron chi connectivity index (χ4n) is 3.21. The summed E-state index contributed by atoms with van der Waals surface area (Å²) in [4.78, 5) is 17.7. The molecule has 4 aromatic rings. The molecule has 0 unspecified atom stereocenters. The van der Waals surface area contributed by atoms with Gasteiger partial charge in [-0.1, -0.05) is 42.5 Å². The van der Waals surface area contributed by atoms with Crippen LogP contribution in [-0.4, -0.2) is 11.0 Å². The number of hydrogen-bond acceptors (Lipinski definition) is 3. The van der Waals surface area contributed by atoms with E-state index in [4.69, 9.17) is 4.74 Å². The zero-order valence-electron chi connectivity index (χ0n) is 14.1. The molecule has 1 heterocycles. The molecule has 0 fully saturated rings. The smallest absolute Gasteiger partial charge is 0.344 e. The van der Waals surface area contributed by atoms with Crippen molar-refractivity contribution in [1.29, 1.82) is 0 Å². The SMILES string of the molecule is Cc1cc(C)cc(OC(=O)c2c3ccccc3nc3ccccc23)c1. The maximum Gasteiger partial charge on any atom is 0.344 e. The van der Waals surface area contributed by atoms with Gasteiger partial charge in [0.2, 0.25) is 0 Å². The molecule has 0 atom stereocenters. The monoisotopic (exact) mass is 327 g/mol. The summed E-state index contributed by atoms with van der Waals surface area (Å²) in [6.07, 6.45) is 0. The zero-order chi connectivity index (χ0) is 17.4. The van der Waals surface area contributed by atoms with Gasteiger partial charge in [-0.2, -0.15) is 0 Å². The van der Waals surface area contributed by atoms with Crippen molar-refractivity contribution in [3.63, 3.8) is 0 Å². The Hall–Kier alpha value is -3.20. The second-order valence-corrected chi connectivity index (χ2v) is 6.23. The summed E-state index contributed by atoms with van der Waals surface area (Å²) in [7, 11) is 0. The standard InChI is InChI=1S/C22H17NO2/c1-14-11-15(2)13-16(12-14)25-22(24)21-17-7-3-5-9-19(17)23-20-10-6-4-8-18(20)21/h3-13H,1-2H3. The highest BCUT2D eigenvalue weighted by Gasteiger charge is 2.18. The highest BCUT2D eigenvalue weighted by Crippen LogP contribution is 2.27. The first kappa shape index (κ1) is 15.3. The topological polar surface area (TPSA) is 39.2 Å². The molecule has 0 aliphatic rings. The van der Waals surface area contributed by atoms with E-state index in [-0.39, 0.29) is 5.97 Å². The Balaban J connectivity index is 1.90. The van der Waals surface area contributed by atoms with Gasteiger partial charge in [-0.15, -0.1) is 0 Å². The van der Waals surface area contributed by atoms with Crippen molar-refractivity contribution >= 4 is 27.8 Å². The molecule has 3 heteroatoms. The van der Waals surface area contributed by atoms with Crippen LogP contribution in [0.15, 0.2) is 66.7 Å². The van der Waals surface area contributed by atoms with Gasteiger partial charge in [-0.05, 0) is 49.2 Å². The van der Waals surface area contributed by atoms with Crippen LogP contribution in [0.5, 0.6) is 5.75 Å². The molecule has 0 aliphatic heterocycles. The predicted molar refractivity (Wildman–Crippen MR) is 100 cm³/mol. The average Bonchev–Trinajstić information content (AvgIpc) is 2.58. The minimum atomic E-state index is -0.361. The number of benzene rings is 3. The first-order valence-electron chi connectivity index (χ1n) is 8.20. The van der Waals surface area contributed by atoms with E-state index >= 15 is 0 Å². The van der Waals surface area contributed by atoms with Crippen molar-refractivity contribution < 1.29 is 9.53 Å². The Morgan fingerprint density at radius 3 is 1.88 bits per heavy atom. The molecule has 3 nitrogen and oxygen atoms in total. The van der Waals surface area contributed by atoms with Crippen LogP contribution in [0.3, 0.4) is 0 Å². The minimum absolute atomic E-state index is 0.361. The van der Waals surface area contributed by atoms with E-state index < -0.39 is 0 Å². The second kappa shape index (κ2) is 6.02. The Morgan fingerprint density at radius 2 is 1.32 bits per heavy atom. The summed E-state index contributed by atoms with van der Waals surface area (Å²) >= 11 is 0. The van der Waals surface area contributed by atoms with Crippen LogP contribution in [0.4, 0.5) is 0 Å². The van der Waals surface area contributed by atoms with Gasteiger partial charge in [0, 0.05) is 10.8 Å². The number of rotatable bonds is 2. The Bertz CT molecular complexity index is 1040. The molecule has 25 heavy (non-hydrogen) atoms. The molecule has 3 aromatic carbocycles.